The number of aliphatic carboxylic acids is 3. The minimum absolute atomic E-state index is 0.0239. The van der Waals surface area contributed by atoms with Gasteiger partial charge in [-0.3, -0.25) is 74.0 Å². The number of alkyl halides is 2. The monoisotopic (exact) mass is 1220 g/mol. The number of carboxylic acid groups (broad SMARTS) is 3. The van der Waals surface area contributed by atoms with Gasteiger partial charge >= 0.3 is 17.9 Å². The molecule has 0 unspecified atom stereocenters. The first-order chi connectivity index (χ1) is 41.8. The second-order valence-electron chi connectivity index (χ2n) is 21.7. The highest BCUT2D eigenvalue weighted by atomic mass is 19.3. The minimum Gasteiger partial charge on any atom is -0.494 e. The third kappa shape index (κ3) is 24.6. The number of carboxylic acids is 3. The minimum atomic E-state index is -3.05. The number of hydrazone groups is 3. The second-order valence-corrected chi connectivity index (χ2v) is 21.7. The van der Waals surface area contributed by atoms with Crippen LogP contribution in [0.3, 0.4) is 0 Å². The molecule has 3 aliphatic rings. The van der Waals surface area contributed by atoms with Crippen molar-refractivity contribution in [2.75, 3.05) is 132 Å². The van der Waals surface area contributed by atoms with Crippen molar-refractivity contribution in [2.24, 2.45) is 26.2 Å². The maximum absolute atomic E-state index is 14.1. The number of carbonyl (C=O) groups is 7. The molecule has 0 radical (unpaired) electrons. The van der Waals surface area contributed by atoms with Crippen LogP contribution in [-0.2, 0) is 28.8 Å². The van der Waals surface area contributed by atoms with Crippen LogP contribution in [0, 0.1) is 12.8 Å². The molecule has 3 aliphatic heterocycles. The molecule has 0 bridgehead atoms. The molecule has 2 aromatic carbocycles. The van der Waals surface area contributed by atoms with Crippen LogP contribution in [0.25, 0.3) is 10.9 Å². The van der Waals surface area contributed by atoms with Crippen molar-refractivity contribution in [1.29, 1.82) is 0 Å². The number of pyridine rings is 1. The molecule has 6 rings (SSSR count). The lowest BCUT2D eigenvalue weighted by atomic mass is 9.92. The Labute approximate surface area is 504 Å². The molecule has 0 saturated carbocycles. The molecule has 3 fully saturated rings. The van der Waals surface area contributed by atoms with Crippen LogP contribution in [0.15, 0.2) is 75.0 Å². The summed E-state index contributed by atoms with van der Waals surface area (Å²) in [6.07, 6.45) is 10.7. The molecule has 8 N–H and O–H groups in total. The summed E-state index contributed by atoms with van der Waals surface area (Å²) in [5.74, 6) is -6.91. The number of fused-ring (bicyclic) bond motifs is 1. The fourth-order valence-electron chi connectivity index (χ4n) is 10.3. The molecule has 4 amide bonds. The number of aryl methyl sites for hydroxylation is 1. The van der Waals surface area contributed by atoms with E-state index in [9.17, 15) is 57.7 Å². The zero-order valence-corrected chi connectivity index (χ0v) is 49.4. The van der Waals surface area contributed by atoms with Crippen molar-refractivity contribution in [2.45, 2.75) is 69.9 Å². The van der Waals surface area contributed by atoms with E-state index in [0.29, 0.717) is 42.3 Å². The first kappa shape index (κ1) is 67.8. The Bertz CT molecular complexity index is 2840. The van der Waals surface area contributed by atoms with Crippen molar-refractivity contribution in [3.8, 4) is 5.75 Å². The van der Waals surface area contributed by atoms with Crippen molar-refractivity contribution >= 4 is 77.3 Å². The van der Waals surface area contributed by atoms with E-state index in [1.807, 2.05) is 41.0 Å². The van der Waals surface area contributed by atoms with Crippen LogP contribution >= 0.6 is 0 Å². The van der Waals surface area contributed by atoms with E-state index in [0.717, 1.165) is 41.7 Å². The highest BCUT2D eigenvalue weighted by molar-refractivity contribution is 6.07. The predicted molar refractivity (Wildman–Crippen MR) is 322 cm³/mol. The summed E-state index contributed by atoms with van der Waals surface area (Å²) in [5, 5.41) is 47.6. The number of nitrogens with zero attached hydrogens (tertiary/aromatic N) is 11. The summed E-state index contributed by atoms with van der Waals surface area (Å²) < 4.78 is 34.3. The van der Waals surface area contributed by atoms with Gasteiger partial charge in [0.15, 0.2) is 0 Å². The normalized spacial score (nSPS) is 18.4. The lowest BCUT2D eigenvalue weighted by Gasteiger charge is -2.33. The van der Waals surface area contributed by atoms with E-state index < -0.39 is 67.2 Å². The number of benzene rings is 2. The summed E-state index contributed by atoms with van der Waals surface area (Å²) in [5.41, 5.74) is 11.5. The molecule has 474 valence electrons. The standard InChI is InChI=1S/C58H82F2N16O11/c1-42-5-7-44(8-6-42)32-66-69-41-68-65-17-11-45(70-51(77)36-71-21-23-72(37-54(80)81)25-27-74(39-56(84)85)28-26-73(24-22-71)38-55(82)83)33-67-64-18-13-52(78)75-19-14-43(15-20-75)4-3-29-87-47-9-10-50-49(30-47)48(12-16-62-50)57(86)63-35-53(79)76-40-58(59,60)31-46(76)34-61-2/h5-10,12,16-17,30,32-34,43,45-46,64,68-69H,3-4,11,13-15,18-29,31,35-41H2,1-2H3,(H,63,86)(H,70,77)(H,80,81)(H,82,83)(H,84,85)/b61-34?,65-17+,66-32+,67-33-/t45-,46+/m0/s1. The topological polar surface area (TPSA) is 331 Å². The van der Waals surface area contributed by atoms with Gasteiger partial charge in [-0.25, -0.2) is 8.78 Å². The molecule has 4 heterocycles. The van der Waals surface area contributed by atoms with Crippen LogP contribution in [0.5, 0.6) is 5.75 Å². The Morgan fingerprint density at radius 1 is 0.770 bits per heavy atom. The molecule has 3 saturated heterocycles. The average molecular weight is 1220 g/mol. The fourth-order valence-corrected chi connectivity index (χ4v) is 10.3. The number of ether oxygens (including phenoxy) is 1. The maximum atomic E-state index is 14.1. The van der Waals surface area contributed by atoms with E-state index >= 15 is 0 Å². The van der Waals surface area contributed by atoms with Gasteiger partial charge < -0.3 is 45.9 Å². The SMILES string of the molecule is CN=C[C@H]1CC(F)(F)CN1C(=O)CNC(=O)c1ccnc2ccc(OCCCC3CCN(C(=O)CCN/N=C\[C@H](C/C=N/NCN/N=C/c4ccc(C)cc4)NC(=O)CN4CCN(CC(=O)O)CCN(CC(=O)O)CCN(CC(=O)O)CC4)CC3)cc12. The van der Waals surface area contributed by atoms with E-state index in [1.54, 1.807) is 45.3 Å². The van der Waals surface area contributed by atoms with Gasteiger partial charge in [0.2, 0.25) is 17.7 Å². The van der Waals surface area contributed by atoms with Gasteiger partial charge in [0, 0.05) is 129 Å². The Kier molecular flexibility index (Phi) is 27.6. The Balaban J connectivity index is 0.954. The van der Waals surface area contributed by atoms with Crippen molar-refractivity contribution in [1.82, 2.24) is 61.3 Å². The number of likely N-dealkylation sites (tertiary alicyclic amines) is 2. The number of carbonyl (C=O) groups excluding carboxylic acids is 4. The summed E-state index contributed by atoms with van der Waals surface area (Å²) in [6.45, 7) is 3.80. The number of hydrogen-bond acceptors (Lipinski definition) is 20. The molecule has 3 aromatic rings. The third-order valence-electron chi connectivity index (χ3n) is 14.9. The largest absolute Gasteiger partial charge is 0.494 e. The number of piperidine rings is 1. The number of aromatic nitrogens is 1. The van der Waals surface area contributed by atoms with Crippen LogP contribution in [-0.4, -0.2) is 266 Å². The number of hydrogen-bond donors (Lipinski definition) is 8. The van der Waals surface area contributed by atoms with Crippen LogP contribution < -0.4 is 31.6 Å². The summed E-state index contributed by atoms with van der Waals surface area (Å²) in [6, 6.07) is 13.1. The summed E-state index contributed by atoms with van der Waals surface area (Å²) in [4.78, 5) is 106. The number of nitrogens with one attached hydrogen (secondary N) is 5. The van der Waals surface area contributed by atoms with Gasteiger partial charge in [-0.05, 0) is 68.4 Å². The summed E-state index contributed by atoms with van der Waals surface area (Å²) in [7, 11) is 1.45. The van der Waals surface area contributed by atoms with Gasteiger partial charge in [-0.1, -0.05) is 29.8 Å². The maximum Gasteiger partial charge on any atom is 0.317 e. The molecular weight excluding hydrogens is 1130 g/mol. The van der Waals surface area contributed by atoms with Crippen molar-refractivity contribution in [3.05, 3.63) is 71.4 Å². The highest BCUT2D eigenvalue weighted by Crippen LogP contribution is 2.31. The van der Waals surface area contributed by atoms with Gasteiger partial charge in [-0.15, -0.1) is 0 Å². The molecule has 0 spiro atoms. The molecule has 2 atom stereocenters. The van der Waals surface area contributed by atoms with Crippen LogP contribution in [0.4, 0.5) is 8.78 Å². The van der Waals surface area contributed by atoms with Gasteiger partial charge in [-0.2, -0.15) is 15.3 Å². The quantitative estimate of drug-likeness (QED) is 0.0200. The first-order valence-electron chi connectivity index (χ1n) is 29.2. The fraction of sp³-hybridized carbons (Fsp3) is 0.552. The zero-order chi connectivity index (χ0) is 62.6. The molecule has 87 heavy (non-hydrogen) atoms. The first-order valence-corrected chi connectivity index (χ1v) is 29.2. The smallest absolute Gasteiger partial charge is 0.317 e. The number of halogens is 2. The highest BCUT2D eigenvalue weighted by Gasteiger charge is 2.46. The van der Waals surface area contributed by atoms with Crippen LogP contribution in [0.1, 0.15) is 66.4 Å². The molecule has 0 aliphatic carbocycles. The molecule has 29 heteroatoms. The average Bonchev–Trinajstić information content (AvgIpc) is 2.28. The van der Waals surface area contributed by atoms with Gasteiger partial charge in [0.1, 0.15) is 12.4 Å². The summed E-state index contributed by atoms with van der Waals surface area (Å²) >= 11 is 0. The van der Waals surface area contributed by atoms with Crippen LogP contribution in [0.2, 0.25) is 0 Å². The second kappa shape index (κ2) is 35.4. The third-order valence-corrected chi connectivity index (χ3v) is 14.9. The van der Waals surface area contributed by atoms with E-state index in [2.05, 4.69) is 52.2 Å². The molecule has 27 nitrogen and oxygen atoms in total. The molecule has 1 aromatic heterocycles. The van der Waals surface area contributed by atoms with Crippen molar-refractivity contribution in [3.63, 3.8) is 0 Å². The predicted octanol–water partition coefficient (Wildman–Crippen LogP) is 1.08. The van der Waals surface area contributed by atoms with Gasteiger partial charge in [0.25, 0.3) is 11.8 Å². The Hall–Kier alpha value is -8.28. The number of aliphatic imine (C=N–C) groups is 1. The van der Waals surface area contributed by atoms with E-state index in [-0.39, 0.29) is 122 Å². The van der Waals surface area contributed by atoms with Gasteiger partial charge in [0.05, 0.1) is 75.3 Å². The van der Waals surface area contributed by atoms with E-state index in [4.69, 9.17) is 4.74 Å². The number of amides is 4. The lowest BCUT2D eigenvalue weighted by molar-refractivity contribution is -0.140. The Morgan fingerprint density at radius 3 is 2.01 bits per heavy atom. The Morgan fingerprint density at radius 2 is 1.39 bits per heavy atom. The number of rotatable bonds is 30. The zero-order valence-electron chi connectivity index (χ0n) is 49.4. The molecular formula is C58H82F2N16O11. The van der Waals surface area contributed by atoms with E-state index in [1.165, 1.54) is 31.7 Å². The lowest BCUT2D eigenvalue weighted by Crippen LogP contribution is -2.50. The van der Waals surface area contributed by atoms with Crippen molar-refractivity contribution < 1.29 is 62.4 Å².